The number of nitrogens with zero attached hydrogens (tertiary/aromatic N) is 3. The molecule has 0 aliphatic carbocycles. The summed E-state index contributed by atoms with van der Waals surface area (Å²) >= 11 is 0. The van der Waals surface area contributed by atoms with E-state index < -0.39 is 85.5 Å². The van der Waals surface area contributed by atoms with Gasteiger partial charge >= 0.3 is 6.09 Å². The fraction of sp³-hybridized carbons (Fsp3) is 0.442. The molecular weight excluding hydrogens is 795 g/mol. The molecule has 4 rings (SSSR count). The second kappa shape index (κ2) is 20.5. The smallest absolute Gasteiger partial charge is 0.407 e. The predicted octanol–water partition coefficient (Wildman–Crippen LogP) is 4.76. The van der Waals surface area contributed by atoms with Crippen LogP contribution in [-0.4, -0.2) is 108 Å². The van der Waals surface area contributed by atoms with Crippen molar-refractivity contribution in [3.63, 3.8) is 0 Å². The van der Waals surface area contributed by atoms with Crippen molar-refractivity contribution in [1.82, 2.24) is 30.3 Å². The molecule has 1 aromatic heterocycles. The van der Waals surface area contributed by atoms with E-state index >= 15 is 4.39 Å². The van der Waals surface area contributed by atoms with Gasteiger partial charge in [-0.15, -0.1) is 0 Å². The van der Waals surface area contributed by atoms with Crippen LogP contribution in [0.5, 0.6) is 0 Å². The zero-order valence-corrected chi connectivity index (χ0v) is 36.2. The van der Waals surface area contributed by atoms with Crippen LogP contribution in [0.25, 0.3) is 11.1 Å². The second-order valence-corrected chi connectivity index (χ2v) is 22.6. The van der Waals surface area contributed by atoms with Gasteiger partial charge in [0.2, 0.25) is 17.7 Å². The van der Waals surface area contributed by atoms with Crippen LogP contribution in [0.1, 0.15) is 51.4 Å². The number of amides is 6. The van der Waals surface area contributed by atoms with Gasteiger partial charge in [-0.2, -0.15) is 0 Å². The van der Waals surface area contributed by atoms with E-state index in [2.05, 4.69) is 35.6 Å². The van der Waals surface area contributed by atoms with Crippen molar-refractivity contribution >= 4 is 43.7 Å². The van der Waals surface area contributed by atoms with E-state index in [4.69, 9.17) is 4.74 Å². The lowest BCUT2D eigenvalue weighted by Gasteiger charge is -2.41. The van der Waals surface area contributed by atoms with Gasteiger partial charge in [-0.3, -0.25) is 28.9 Å². The minimum atomic E-state index is -1.58. The van der Waals surface area contributed by atoms with E-state index in [-0.39, 0.29) is 38.2 Å². The molecule has 1 aliphatic rings. The second-order valence-electron chi connectivity index (χ2n) is 17.0. The van der Waals surface area contributed by atoms with Crippen LogP contribution in [-0.2, 0) is 35.3 Å². The van der Waals surface area contributed by atoms with E-state index in [1.807, 2.05) is 55.7 Å². The maximum atomic E-state index is 15.2. The van der Waals surface area contributed by atoms with Crippen LogP contribution >= 0.6 is 0 Å². The molecule has 14 nitrogen and oxygen atoms in total. The Morgan fingerprint density at radius 2 is 1.55 bits per heavy atom. The Labute approximate surface area is 350 Å². The molecule has 0 saturated heterocycles. The molecule has 6 amide bonds. The lowest BCUT2D eigenvalue weighted by molar-refractivity contribution is -0.144. The van der Waals surface area contributed by atoms with Crippen LogP contribution < -0.4 is 16.0 Å². The number of benzene rings is 2. The number of imide groups is 1. The van der Waals surface area contributed by atoms with Gasteiger partial charge in [0.05, 0.1) is 12.6 Å². The third kappa shape index (κ3) is 12.9. The number of ether oxygens (including phenoxy) is 1. The van der Waals surface area contributed by atoms with Crippen molar-refractivity contribution in [2.24, 2.45) is 5.41 Å². The van der Waals surface area contributed by atoms with Crippen molar-refractivity contribution in [2.45, 2.75) is 84.5 Å². The van der Waals surface area contributed by atoms with E-state index in [9.17, 15) is 38.3 Å². The molecule has 0 bridgehead atoms. The lowest BCUT2D eigenvalue weighted by atomic mass is 9.82. The fourth-order valence-corrected chi connectivity index (χ4v) is 7.54. The molecule has 17 heteroatoms. The number of hydrogen-bond donors (Lipinski definition) is 4. The number of hydrogen-bond acceptors (Lipinski definition) is 8. The monoisotopic (exact) mass is 850 g/mol. The standard InChI is InChI=1S/C43H56F2N6O8Si/c1-28(51-36(53)15-16-37(51)54)40(56)46-18-19-47-41(57)34(48-42(58)59-21-22-60(5,6)7)17-20-50(38(55)27-52)39(43(2,3)4)35-23-30(32-24-31(44)13-14-33(32)45)26-49(35)25-29-11-9-8-10-12-29/h8-16,23-24,26,28,34,39,52H,17-22,25,27H2,1-7H3,(H,46,56)(H,47,57)(H,48,58)/t28-,34+,39+/m1/s1. The van der Waals surface area contributed by atoms with E-state index in [0.717, 1.165) is 40.8 Å². The predicted molar refractivity (Wildman–Crippen MR) is 224 cm³/mol. The van der Waals surface area contributed by atoms with Crippen LogP contribution in [0.2, 0.25) is 25.7 Å². The third-order valence-corrected chi connectivity index (χ3v) is 11.6. The summed E-state index contributed by atoms with van der Waals surface area (Å²) in [5.74, 6) is -4.47. The summed E-state index contributed by atoms with van der Waals surface area (Å²) in [6.45, 7) is 12.6. The first-order valence-electron chi connectivity index (χ1n) is 19.8. The zero-order valence-electron chi connectivity index (χ0n) is 35.2. The van der Waals surface area contributed by atoms with Gasteiger partial charge in [-0.25, -0.2) is 13.6 Å². The zero-order chi connectivity index (χ0) is 44.4. The number of aromatic nitrogens is 1. The van der Waals surface area contributed by atoms with Gasteiger partial charge in [0.1, 0.15) is 30.3 Å². The summed E-state index contributed by atoms with van der Waals surface area (Å²) < 4.78 is 36.9. The van der Waals surface area contributed by atoms with Crippen LogP contribution in [0, 0.1) is 17.0 Å². The first kappa shape index (κ1) is 47.0. The molecule has 324 valence electrons. The summed E-state index contributed by atoms with van der Waals surface area (Å²) in [6, 6.07) is 11.8. The van der Waals surface area contributed by atoms with Gasteiger partial charge in [0.25, 0.3) is 11.8 Å². The lowest BCUT2D eigenvalue weighted by Crippen LogP contribution is -2.52. The number of rotatable bonds is 19. The molecule has 0 radical (unpaired) electrons. The van der Waals surface area contributed by atoms with Gasteiger partial charge in [-0.05, 0) is 54.6 Å². The Hall–Kier alpha value is -5.68. The number of aliphatic hydroxyl groups excluding tert-OH is 1. The number of alkyl carbamates (subject to hydrolysis) is 1. The Morgan fingerprint density at radius 3 is 2.15 bits per heavy atom. The Balaban J connectivity index is 1.62. The van der Waals surface area contributed by atoms with Crippen molar-refractivity contribution in [2.75, 3.05) is 32.8 Å². The van der Waals surface area contributed by atoms with E-state index in [1.165, 1.54) is 11.8 Å². The van der Waals surface area contributed by atoms with Gasteiger partial charge in [-0.1, -0.05) is 70.7 Å². The summed E-state index contributed by atoms with van der Waals surface area (Å²) in [4.78, 5) is 79.6. The third-order valence-electron chi connectivity index (χ3n) is 9.92. The van der Waals surface area contributed by atoms with Gasteiger partial charge < -0.3 is 35.3 Å². The van der Waals surface area contributed by atoms with Gasteiger partial charge in [0.15, 0.2) is 0 Å². The molecule has 0 spiro atoms. The summed E-state index contributed by atoms with van der Waals surface area (Å²) in [6.07, 6.45) is 2.83. The minimum Gasteiger partial charge on any atom is -0.450 e. The first-order chi connectivity index (χ1) is 28.2. The topological polar surface area (TPSA) is 179 Å². The Kier molecular flexibility index (Phi) is 16.1. The quantitative estimate of drug-likeness (QED) is 0.0758. The molecule has 60 heavy (non-hydrogen) atoms. The molecule has 3 atom stereocenters. The van der Waals surface area contributed by atoms with E-state index in [1.54, 1.807) is 12.3 Å². The van der Waals surface area contributed by atoms with Crippen LogP contribution in [0.3, 0.4) is 0 Å². The van der Waals surface area contributed by atoms with Crippen LogP contribution in [0.15, 0.2) is 72.9 Å². The van der Waals surface area contributed by atoms with Crippen LogP contribution in [0.4, 0.5) is 13.6 Å². The maximum Gasteiger partial charge on any atom is 0.407 e. The average molecular weight is 851 g/mol. The molecule has 1 aliphatic heterocycles. The highest BCUT2D eigenvalue weighted by molar-refractivity contribution is 6.76. The normalized spacial score (nSPS) is 14.4. The highest BCUT2D eigenvalue weighted by Gasteiger charge is 2.38. The van der Waals surface area contributed by atoms with Crippen molar-refractivity contribution in [1.29, 1.82) is 0 Å². The van der Waals surface area contributed by atoms with E-state index in [0.29, 0.717) is 23.8 Å². The highest BCUT2D eigenvalue weighted by Crippen LogP contribution is 2.41. The first-order valence-corrected chi connectivity index (χ1v) is 23.5. The van der Waals surface area contributed by atoms with Gasteiger partial charge in [0, 0.05) is 69.4 Å². The molecule has 2 aromatic carbocycles. The maximum absolute atomic E-state index is 15.2. The summed E-state index contributed by atoms with van der Waals surface area (Å²) in [7, 11) is -1.58. The number of halogens is 2. The Bertz CT molecular complexity index is 2050. The highest BCUT2D eigenvalue weighted by atomic mass is 28.3. The Morgan fingerprint density at radius 1 is 0.917 bits per heavy atom. The fourth-order valence-electron chi connectivity index (χ4n) is 6.82. The average Bonchev–Trinajstić information content (AvgIpc) is 3.74. The molecule has 4 N–H and O–H groups in total. The summed E-state index contributed by atoms with van der Waals surface area (Å²) in [5.41, 5.74) is 1.07. The largest absolute Gasteiger partial charge is 0.450 e. The molecule has 0 fully saturated rings. The van der Waals surface area contributed by atoms with Crippen molar-refractivity contribution in [3.8, 4) is 11.1 Å². The number of nitrogens with one attached hydrogen (secondary N) is 3. The molecule has 2 heterocycles. The summed E-state index contributed by atoms with van der Waals surface area (Å²) in [5, 5.41) is 18.2. The molecular formula is C43H56F2N6O8Si. The molecule has 3 aromatic rings. The SMILES string of the molecule is C[C@H](C(=O)NCCNC(=O)[C@H](CCN(C(=O)CO)[C@@H](c1cc(-c2cc(F)ccc2F)cn1Cc1ccccc1)C(C)(C)C)NC(=O)OCC[Si](C)(C)C)N1C(=O)C=CC1=O. The molecule has 0 unspecified atom stereocenters. The van der Waals surface area contributed by atoms with Crippen molar-refractivity contribution < 1.29 is 47.4 Å². The minimum absolute atomic E-state index is 0.0185. The number of carbonyl (C=O) groups excluding carboxylic acids is 6. The van der Waals surface area contributed by atoms with Crippen molar-refractivity contribution in [3.05, 3.63) is 95.8 Å². The molecule has 0 saturated carbocycles. The number of carbonyl (C=O) groups is 6. The number of aliphatic hydroxyl groups is 1.